The van der Waals surface area contributed by atoms with Gasteiger partial charge in [0.05, 0.1) is 13.2 Å². The number of ether oxygens (including phenoxy) is 1. The van der Waals surface area contributed by atoms with E-state index in [1.807, 2.05) is 0 Å². The Balaban J connectivity index is 2.45. The first-order chi connectivity index (χ1) is 7.65. The minimum Gasteiger partial charge on any atom is -0.380 e. The molecule has 0 aliphatic heterocycles. The molecule has 90 valence electrons. The smallest absolute Gasteiger partial charge is 0.161 e. The van der Waals surface area contributed by atoms with Crippen molar-refractivity contribution >= 4 is 0 Å². The van der Waals surface area contributed by atoms with E-state index in [0.29, 0.717) is 19.2 Å². The summed E-state index contributed by atoms with van der Waals surface area (Å²) < 4.78 is 43.7. The molecule has 0 aliphatic carbocycles. The first kappa shape index (κ1) is 13.0. The van der Waals surface area contributed by atoms with E-state index in [-0.39, 0.29) is 18.6 Å². The Morgan fingerprint density at radius 1 is 1.06 bits per heavy atom. The van der Waals surface area contributed by atoms with Crippen LogP contribution in [-0.2, 0) is 11.2 Å². The van der Waals surface area contributed by atoms with E-state index in [0.717, 1.165) is 6.07 Å². The quantitative estimate of drug-likeness (QED) is 0.598. The second-order valence-electron chi connectivity index (χ2n) is 3.32. The molecule has 5 heteroatoms. The van der Waals surface area contributed by atoms with Gasteiger partial charge in [0.25, 0.3) is 0 Å². The molecule has 1 N–H and O–H groups in total. The Labute approximate surface area is 92.4 Å². The van der Waals surface area contributed by atoms with Crippen LogP contribution in [0.15, 0.2) is 12.1 Å². The van der Waals surface area contributed by atoms with Crippen molar-refractivity contribution < 1.29 is 17.9 Å². The van der Waals surface area contributed by atoms with Gasteiger partial charge in [-0.25, -0.2) is 13.2 Å². The van der Waals surface area contributed by atoms with Gasteiger partial charge in [0.2, 0.25) is 0 Å². The molecule has 0 heterocycles. The number of likely N-dealkylation sites (N-methyl/N-ethyl adjacent to an activating group) is 1. The van der Waals surface area contributed by atoms with Crippen LogP contribution in [0.4, 0.5) is 13.2 Å². The van der Waals surface area contributed by atoms with Crippen molar-refractivity contribution in [3.63, 3.8) is 0 Å². The highest BCUT2D eigenvalue weighted by Crippen LogP contribution is 2.14. The minimum atomic E-state index is -1.17. The fourth-order valence-electron chi connectivity index (χ4n) is 1.21. The molecule has 0 spiro atoms. The molecule has 1 aromatic rings. The van der Waals surface area contributed by atoms with E-state index < -0.39 is 17.5 Å². The summed E-state index contributed by atoms with van der Waals surface area (Å²) in [6.45, 7) is 1.48. The third kappa shape index (κ3) is 3.83. The van der Waals surface area contributed by atoms with E-state index in [9.17, 15) is 13.2 Å². The first-order valence-corrected chi connectivity index (χ1v) is 5.01. The molecule has 0 radical (unpaired) electrons. The van der Waals surface area contributed by atoms with Crippen molar-refractivity contribution in [1.29, 1.82) is 0 Å². The first-order valence-electron chi connectivity index (χ1n) is 5.01. The molecule has 2 nitrogen and oxygen atoms in total. The molecule has 16 heavy (non-hydrogen) atoms. The van der Waals surface area contributed by atoms with Gasteiger partial charge >= 0.3 is 0 Å². The molecule has 0 fully saturated rings. The zero-order chi connectivity index (χ0) is 12.0. The van der Waals surface area contributed by atoms with Crippen LogP contribution in [0.3, 0.4) is 0 Å². The van der Waals surface area contributed by atoms with Crippen LogP contribution in [0.5, 0.6) is 0 Å². The normalized spacial score (nSPS) is 10.8. The van der Waals surface area contributed by atoms with E-state index in [4.69, 9.17) is 4.74 Å². The van der Waals surface area contributed by atoms with Crippen LogP contribution >= 0.6 is 0 Å². The highest BCUT2D eigenvalue weighted by Gasteiger charge is 2.09. The van der Waals surface area contributed by atoms with Crippen molar-refractivity contribution in [2.45, 2.75) is 6.42 Å². The number of rotatable bonds is 6. The molecule has 1 rings (SSSR count). The van der Waals surface area contributed by atoms with E-state index >= 15 is 0 Å². The van der Waals surface area contributed by atoms with Crippen molar-refractivity contribution in [3.05, 3.63) is 35.1 Å². The van der Waals surface area contributed by atoms with E-state index in [2.05, 4.69) is 5.32 Å². The zero-order valence-electron chi connectivity index (χ0n) is 9.03. The summed E-state index contributed by atoms with van der Waals surface area (Å²) in [6, 6.07) is 1.42. The Morgan fingerprint density at radius 2 is 1.75 bits per heavy atom. The third-order valence-corrected chi connectivity index (χ3v) is 2.10. The SMILES string of the molecule is CNCCOCCc1cc(F)c(F)cc1F. The molecule has 0 unspecified atom stereocenters. The minimum absolute atomic E-state index is 0.128. The van der Waals surface area contributed by atoms with Gasteiger partial charge in [-0.1, -0.05) is 0 Å². The lowest BCUT2D eigenvalue weighted by atomic mass is 10.1. The van der Waals surface area contributed by atoms with Crippen LogP contribution in [-0.4, -0.2) is 26.8 Å². The highest BCUT2D eigenvalue weighted by molar-refractivity contribution is 5.20. The fraction of sp³-hybridized carbons (Fsp3) is 0.455. The second kappa shape index (κ2) is 6.50. The Hall–Kier alpha value is -1.07. The molecule has 0 amide bonds. The number of benzene rings is 1. The number of hydrogen-bond donors (Lipinski definition) is 1. The summed E-state index contributed by atoms with van der Waals surface area (Å²) in [5.41, 5.74) is 0.128. The van der Waals surface area contributed by atoms with Crippen LogP contribution in [0.25, 0.3) is 0 Å². The largest absolute Gasteiger partial charge is 0.380 e. The lowest BCUT2D eigenvalue weighted by Gasteiger charge is -2.05. The number of hydrogen-bond acceptors (Lipinski definition) is 2. The predicted molar refractivity (Wildman–Crippen MR) is 54.8 cm³/mol. The van der Waals surface area contributed by atoms with Crippen LogP contribution in [0, 0.1) is 17.5 Å². The molecule has 0 bridgehead atoms. The van der Waals surface area contributed by atoms with Crippen molar-refractivity contribution in [3.8, 4) is 0 Å². The molecular weight excluding hydrogens is 219 g/mol. The maximum absolute atomic E-state index is 13.1. The average Bonchev–Trinajstić information content (AvgIpc) is 2.25. The summed E-state index contributed by atoms with van der Waals surface area (Å²) >= 11 is 0. The molecule has 1 aromatic carbocycles. The Morgan fingerprint density at radius 3 is 2.44 bits per heavy atom. The molecule has 0 saturated carbocycles. The Bertz CT molecular complexity index is 344. The average molecular weight is 233 g/mol. The monoisotopic (exact) mass is 233 g/mol. The van der Waals surface area contributed by atoms with Gasteiger partial charge in [-0.3, -0.25) is 0 Å². The van der Waals surface area contributed by atoms with Gasteiger partial charge in [0.1, 0.15) is 5.82 Å². The van der Waals surface area contributed by atoms with Crippen LogP contribution < -0.4 is 5.32 Å². The summed E-state index contributed by atoms with van der Waals surface area (Å²) in [5.74, 6) is -2.94. The molecule has 0 saturated heterocycles. The van der Waals surface area contributed by atoms with Crippen LogP contribution in [0.1, 0.15) is 5.56 Å². The third-order valence-electron chi connectivity index (χ3n) is 2.10. The number of halogens is 3. The lowest BCUT2D eigenvalue weighted by molar-refractivity contribution is 0.139. The summed E-state index contributed by atoms with van der Waals surface area (Å²) in [7, 11) is 1.79. The second-order valence-corrected chi connectivity index (χ2v) is 3.32. The summed E-state index contributed by atoms with van der Waals surface area (Å²) in [5, 5.41) is 2.89. The summed E-state index contributed by atoms with van der Waals surface area (Å²) in [4.78, 5) is 0. The fourth-order valence-corrected chi connectivity index (χ4v) is 1.21. The maximum Gasteiger partial charge on any atom is 0.161 e. The van der Waals surface area contributed by atoms with Gasteiger partial charge in [-0.2, -0.15) is 0 Å². The molecular formula is C11H14F3NO. The van der Waals surface area contributed by atoms with Gasteiger partial charge in [0.15, 0.2) is 11.6 Å². The summed E-state index contributed by atoms with van der Waals surface area (Å²) in [6.07, 6.45) is 0.229. The van der Waals surface area contributed by atoms with Crippen molar-refractivity contribution in [2.75, 3.05) is 26.8 Å². The van der Waals surface area contributed by atoms with Crippen molar-refractivity contribution in [1.82, 2.24) is 5.32 Å². The van der Waals surface area contributed by atoms with Crippen LogP contribution in [0.2, 0.25) is 0 Å². The van der Waals surface area contributed by atoms with Gasteiger partial charge in [-0.15, -0.1) is 0 Å². The predicted octanol–water partition coefficient (Wildman–Crippen LogP) is 1.88. The van der Waals surface area contributed by atoms with Crippen molar-refractivity contribution in [2.24, 2.45) is 0 Å². The zero-order valence-corrected chi connectivity index (χ0v) is 9.03. The Kier molecular flexibility index (Phi) is 5.28. The highest BCUT2D eigenvalue weighted by atomic mass is 19.2. The molecule has 0 aliphatic rings. The maximum atomic E-state index is 13.1. The molecule has 0 aromatic heterocycles. The lowest BCUT2D eigenvalue weighted by Crippen LogP contribution is -2.15. The van der Waals surface area contributed by atoms with Gasteiger partial charge in [-0.05, 0) is 25.1 Å². The van der Waals surface area contributed by atoms with E-state index in [1.165, 1.54) is 0 Å². The van der Waals surface area contributed by atoms with Gasteiger partial charge in [0, 0.05) is 12.6 Å². The standard InChI is InChI=1S/C11H14F3NO/c1-15-3-5-16-4-2-8-6-10(13)11(14)7-9(8)12/h6-7,15H,2-5H2,1H3. The number of nitrogens with one attached hydrogen (secondary N) is 1. The van der Waals surface area contributed by atoms with E-state index in [1.54, 1.807) is 7.05 Å². The van der Waals surface area contributed by atoms with Gasteiger partial charge < -0.3 is 10.1 Å². The topological polar surface area (TPSA) is 21.3 Å². The molecule has 0 atom stereocenters.